The Balaban J connectivity index is 0.00000204. The number of hydrogen-bond acceptors (Lipinski definition) is 9. The molecule has 0 spiro atoms. The highest BCUT2D eigenvalue weighted by atomic mass is 32.2. The number of sulfone groups is 1. The summed E-state index contributed by atoms with van der Waals surface area (Å²) in [6.07, 6.45) is 13.3. The average Bonchev–Trinajstić information content (AvgIpc) is 3.06. The molecule has 10 heteroatoms. The first-order valence-electron chi connectivity index (χ1n) is 14.7. The maximum atomic E-state index is 12.0. The van der Waals surface area contributed by atoms with Crippen LogP contribution in [-0.2, 0) is 9.84 Å². The Morgan fingerprint density at radius 1 is 1.07 bits per heavy atom. The molecule has 1 saturated heterocycles. The lowest BCUT2D eigenvalue weighted by Gasteiger charge is -2.31. The van der Waals surface area contributed by atoms with Crippen LogP contribution in [-0.4, -0.2) is 56.6 Å². The van der Waals surface area contributed by atoms with E-state index in [1.165, 1.54) is 19.7 Å². The molecule has 0 bridgehead atoms. The Morgan fingerprint density at radius 2 is 1.70 bits per heavy atom. The third-order valence-corrected chi connectivity index (χ3v) is 7.23. The highest BCUT2D eigenvalue weighted by Crippen LogP contribution is 2.31. The van der Waals surface area contributed by atoms with Crippen molar-refractivity contribution >= 4 is 33.1 Å². The van der Waals surface area contributed by atoms with Gasteiger partial charge in [-0.1, -0.05) is 52.8 Å². The number of anilines is 1. The van der Waals surface area contributed by atoms with Gasteiger partial charge in [-0.05, 0) is 69.1 Å². The van der Waals surface area contributed by atoms with Gasteiger partial charge in [0.1, 0.15) is 5.69 Å². The monoisotopic (exact) mass is 607 g/mol. The minimum Gasteiger partial charge on any atom is -0.397 e. The molecule has 1 aromatic carbocycles. The van der Waals surface area contributed by atoms with Gasteiger partial charge >= 0.3 is 0 Å². The number of allylic oxidation sites excluding steroid dienone is 4. The number of nitrogen functional groups attached to an aromatic ring is 1. The molecule has 5 N–H and O–H groups in total. The number of rotatable bonds is 6. The number of likely N-dealkylation sites (tertiary alicyclic amines) is 1. The van der Waals surface area contributed by atoms with Crippen LogP contribution in [0.15, 0.2) is 75.8 Å². The van der Waals surface area contributed by atoms with E-state index in [-0.39, 0.29) is 4.90 Å². The van der Waals surface area contributed by atoms with E-state index in [4.69, 9.17) is 21.4 Å². The average molecular weight is 608 g/mol. The molecule has 43 heavy (non-hydrogen) atoms. The minimum atomic E-state index is -3.34. The first kappa shape index (κ1) is 38.9. The Kier molecular flexibility index (Phi) is 18.8. The lowest BCUT2D eigenvalue weighted by Crippen LogP contribution is -2.30. The Labute approximate surface area is 259 Å². The van der Waals surface area contributed by atoms with Crippen LogP contribution in [0.4, 0.5) is 5.69 Å². The zero-order chi connectivity index (χ0) is 33.0. The minimum absolute atomic E-state index is 0.234. The number of aliphatic imine (C=N–C) groups is 1. The topological polar surface area (TPSA) is 162 Å². The molecule has 0 amide bonds. The van der Waals surface area contributed by atoms with Gasteiger partial charge in [0.2, 0.25) is 0 Å². The van der Waals surface area contributed by atoms with Crippen molar-refractivity contribution < 1.29 is 8.42 Å². The van der Waals surface area contributed by atoms with Gasteiger partial charge in [0.15, 0.2) is 9.84 Å². The largest absolute Gasteiger partial charge is 0.397 e. The van der Waals surface area contributed by atoms with Crippen molar-refractivity contribution in [1.82, 2.24) is 9.88 Å². The number of nitrogens with one attached hydrogen (secondary N) is 1. The molecular weight excluding hydrogens is 558 g/mol. The zero-order valence-corrected chi connectivity index (χ0v) is 27.6. The van der Waals surface area contributed by atoms with Crippen LogP contribution in [0.3, 0.4) is 0 Å². The Bertz CT molecular complexity index is 1420. The summed E-state index contributed by atoms with van der Waals surface area (Å²) in [7, 11) is -1.84. The molecule has 2 aromatic rings. The second-order valence-corrected chi connectivity index (χ2v) is 10.8. The predicted octanol–water partition coefficient (Wildman–Crippen LogP) is 6.65. The summed E-state index contributed by atoms with van der Waals surface area (Å²) < 4.78 is 24.0. The normalized spacial score (nSPS) is 15.3. The van der Waals surface area contributed by atoms with Crippen molar-refractivity contribution in [2.24, 2.45) is 10.7 Å². The number of aromatic nitrogens is 1. The molecule has 2 aliphatic rings. The molecule has 1 aromatic heterocycles. The lowest BCUT2D eigenvalue weighted by molar-refractivity contribution is 0.292. The fourth-order valence-corrected chi connectivity index (χ4v) is 4.92. The molecular formula is C33H49N7O2S. The van der Waals surface area contributed by atoms with Crippen LogP contribution in [0.1, 0.15) is 66.0 Å². The molecule has 1 fully saturated rings. The van der Waals surface area contributed by atoms with Crippen LogP contribution < -0.4 is 11.5 Å². The molecule has 0 atom stereocenters. The van der Waals surface area contributed by atoms with Crippen LogP contribution in [0.5, 0.6) is 0 Å². The summed E-state index contributed by atoms with van der Waals surface area (Å²) in [5, 5.41) is 15.1. The number of nitriles is 1. The van der Waals surface area contributed by atoms with Crippen molar-refractivity contribution in [3.8, 4) is 17.8 Å². The van der Waals surface area contributed by atoms with Gasteiger partial charge in [-0.15, -0.1) is 0 Å². The van der Waals surface area contributed by atoms with Crippen LogP contribution in [0.25, 0.3) is 17.0 Å². The summed E-state index contributed by atoms with van der Waals surface area (Å²) >= 11 is 0. The van der Waals surface area contributed by atoms with Crippen LogP contribution >= 0.6 is 0 Å². The number of piperidine rings is 1. The predicted molar refractivity (Wildman–Crippen MR) is 183 cm³/mol. The highest BCUT2D eigenvalue weighted by molar-refractivity contribution is 7.90. The summed E-state index contributed by atoms with van der Waals surface area (Å²) in [4.78, 5) is 11.8. The number of pyridine rings is 1. The maximum absolute atomic E-state index is 12.0. The van der Waals surface area contributed by atoms with Gasteiger partial charge < -0.3 is 16.4 Å². The van der Waals surface area contributed by atoms with Gasteiger partial charge in [-0.2, -0.15) is 0 Å². The fourth-order valence-electron chi connectivity index (χ4n) is 4.25. The molecule has 234 valence electrons. The van der Waals surface area contributed by atoms with Gasteiger partial charge in [0.25, 0.3) is 0 Å². The van der Waals surface area contributed by atoms with Gasteiger partial charge in [-0.3, -0.25) is 10.4 Å². The number of benzene rings is 1. The molecule has 3 heterocycles. The zero-order valence-electron chi connectivity index (χ0n) is 26.8. The van der Waals surface area contributed by atoms with Crippen molar-refractivity contribution in [3.05, 3.63) is 71.6 Å². The van der Waals surface area contributed by atoms with E-state index in [0.717, 1.165) is 43.6 Å². The summed E-state index contributed by atoms with van der Waals surface area (Å²) in [6, 6.07) is 10.2. The standard InChI is InChI=1S/C27H31N5O2S.2C2H6.CH5N.CHN/c1-3-4-11-26(32-14-6-5-7-15-32)21-17-25(30-18-23(21)29)27-22(28)12-13-24(31-27)19-9-8-10-20(16-19)35(2,33)34;4*1-2/h4,8-13,16-18,29H,3,5-7,14-15,28H2,1-2H3;2*1-2H3;2H2,1H3;1H/b11-4-,26-21+,29-23?;;;;. The van der Waals surface area contributed by atoms with Crippen molar-refractivity contribution in [2.45, 2.75) is 65.2 Å². The van der Waals surface area contributed by atoms with E-state index in [0.29, 0.717) is 34.0 Å². The summed E-state index contributed by atoms with van der Waals surface area (Å²) in [5.74, 6) is 0. The number of nitrogens with zero attached hydrogens (tertiary/aromatic N) is 4. The number of nitrogens with two attached hydrogens (primary N) is 2. The Morgan fingerprint density at radius 3 is 2.28 bits per heavy atom. The molecule has 4 rings (SSSR count). The van der Waals surface area contributed by atoms with Gasteiger partial charge in [0.05, 0.1) is 33.9 Å². The van der Waals surface area contributed by atoms with E-state index >= 15 is 0 Å². The molecule has 0 saturated carbocycles. The lowest BCUT2D eigenvalue weighted by atomic mass is 10.00. The third-order valence-electron chi connectivity index (χ3n) is 6.12. The van der Waals surface area contributed by atoms with E-state index in [1.807, 2.05) is 39.8 Å². The summed E-state index contributed by atoms with van der Waals surface area (Å²) in [5.41, 5.74) is 15.8. The first-order valence-corrected chi connectivity index (χ1v) is 16.6. The summed E-state index contributed by atoms with van der Waals surface area (Å²) in [6.45, 7) is 15.5. The first-order chi connectivity index (χ1) is 20.8. The third kappa shape index (κ3) is 11.3. The van der Waals surface area contributed by atoms with Crippen LogP contribution in [0, 0.1) is 17.2 Å². The Hall–Kier alpha value is -4.07. The van der Waals surface area contributed by atoms with Gasteiger partial charge in [-0.25, -0.2) is 18.7 Å². The molecule has 2 aliphatic heterocycles. The maximum Gasteiger partial charge on any atom is 0.175 e. The molecule has 0 aliphatic carbocycles. The second kappa shape index (κ2) is 20.8. The van der Waals surface area contributed by atoms with Crippen molar-refractivity contribution in [2.75, 3.05) is 32.1 Å². The van der Waals surface area contributed by atoms with Crippen LogP contribution in [0.2, 0.25) is 0 Å². The quantitative estimate of drug-likeness (QED) is 0.331. The smallest absolute Gasteiger partial charge is 0.175 e. The second-order valence-electron chi connectivity index (χ2n) is 8.79. The van der Waals surface area contributed by atoms with E-state index in [9.17, 15) is 8.42 Å². The molecule has 0 radical (unpaired) electrons. The highest BCUT2D eigenvalue weighted by Gasteiger charge is 2.21. The van der Waals surface area contributed by atoms with Crippen molar-refractivity contribution in [3.63, 3.8) is 0 Å². The number of hydrogen-bond donors (Lipinski definition) is 3. The molecule has 9 nitrogen and oxygen atoms in total. The van der Waals surface area contributed by atoms with E-state index in [2.05, 4.69) is 41.3 Å². The van der Waals surface area contributed by atoms with E-state index < -0.39 is 9.84 Å². The van der Waals surface area contributed by atoms with Crippen molar-refractivity contribution in [1.29, 1.82) is 10.7 Å². The molecule has 0 unspecified atom stereocenters. The fraction of sp³-hybridized carbons (Fsp3) is 0.394. The SMILES string of the molecule is C#N.CC.CC.CC/C=C\C(=C1\C=C(c2nc(-c3cccc(S(C)(=O)=O)c3)ccc2N)N=CC1=N)N1CCCCC1.CN. The van der Waals surface area contributed by atoms with E-state index in [1.54, 1.807) is 36.5 Å². The van der Waals surface area contributed by atoms with Gasteiger partial charge in [0, 0.05) is 42.8 Å².